The molecule has 3 rings (SSSR count). The van der Waals surface area contributed by atoms with Crippen LogP contribution in [0.4, 0.5) is 4.39 Å². The summed E-state index contributed by atoms with van der Waals surface area (Å²) in [6, 6.07) is 12.7. The highest BCUT2D eigenvalue weighted by Gasteiger charge is 2.21. The van der Waals surface area contributed by atoms with E-state index in [-0.39, 0.29) is 11.9 Å². The Morgan fingerprint density at radius 2 is 1.76 bits per heavy atom. The van der Waals surface area contributed by atoms with Crippen molar-refractivity contribution in [2.45, 2.75) is 19.1 Å². The van der Waals surface area contributed by atoms with E-state index in [0.29, 0.717) is 6.61 Å². The molecule has 1 unspecified atom stereocenters. The van der Waals surface area contributed by atoms with Crippen molar-refractivity contribution in [3.05, 3.63) is 59.4 Å². The van der Waals surface area contributed by atoms with Crippen LogP contribution in [-0.2, 0) is 17.7 Å². The van der Waals surface area contributed by atoms with Crippen LogP contribution in [0, 0.1) is 5.82 Å². The third-order valence-electron chi connectivity index (χ3n) is 4.45. The van der Waals surface area contributed by atoms with Crippen LogP contribution >= 0.6 is 0 Å². The molecule has 1 aliphatic heterocycles. The lowest BCUT2D eigenvalue weighted by molar-refractivity contribution is -0.0305. The summed E-state index contributed by atoms with van der Waals surface area (Å²) in [4.78, 5) is 2.37. The van der Waals surface area contributed by atoms with Gasteiger partial charge in [-0.25, -0.2) is 4.39 Å². The molecule has 2 aromatic carbocycles. The van der Waals surface area contributed by atoms with Gasteiger partial charge in [0.2, 0.25) is 0 Å². The average Bonchev–Trinajstić information content (AvgIpc) is 2.64. The van der Waals surface area contributed by atoms with Gasteiger partial charge in [-0.1, -0.05) is 18.2 Å². The molecule has 0 amide bonds. The van der Waals surface area contributed by atoms with Gasteiger partial charge in [-0.05, 0) is 41.8 Å². The molecule has 0 radical (unpaired) electrons. The van der Waals surface area contributed by atoms with E-state index < -0.39 is 0 Å². The van der Waals surface area contributed by atoms with Crippen LogP contribution < -0.4 is 9.47 Å². The fraction of sp³-hybridized carbons (Fsp3) is 0.400. The Hall–Kier alpha value is -2.11. The summed E-state index contributed by atoms with van der Waals surface area (Å²) < 4.78 is 29.6. The number of rotatable bonds is 6. The van der Waals surface area contributed by atoms with E-state index in [1.807, 2.05) is 24.3 Å². The summed E-state index contributed by atoms with van der Waals surface area (Å²) in [5, 5.41) is 0. The predicted octanol–water partition coefficient (Wildman–Crippen LogP) is 3.29. The van der Waals surface area contributed by atoms with E-state index in [0.717, 1.165) is 43.1 Å². The summed E-state index contributed by atoms with van der Waals surface area (Å²) in [5.41, 5.74) is 2.28. The minimum atomic E-state index is -0.205. The Bertz CT molecular complexity index is 690. The van der Waals surface area contributed by atoms with E-state index >= 15 is 0 Å². The fourth-order valence-electron chi connectivity index (χ4n) is 3.17. The second kappa shape index (κ2) is 8.32. The molecule has 0 N–H and O–H groups in total. The molecule has 0 spiro atoms. The molecule has 25 heavy (non-hydrogen) atoms. The van der Waals surface area contributed by atoms with Crippen LogP contribution in [0.3, 0.4) is 0 Å². The van der Waals surface area contributed by atoms with Crippen LogP contribution in [0.25, 0.3) is 0 Å². The molecule has 134 valence electrons. The predicted molar refractivity (Wildman–Crippen MR) is 94.7 cm³/mol. The maximum Gasteiger partial charge on any atom is 0.161 e. The summed E-state index contributed by atoms with van der Waals surface area (Å²) in [5.74, 6) is 1.28. The summed E-state index contributed by atoms with van der Waals surface area (Å²) >= 11 is 0. The number of methoxy groups -OCH3 is 2. The molecule has 1 aliphatic rings. The molecule has 0 aromatic heterocycles. The summed E-state index contributed by atoms with van der Waals surface area (Å²) in [6.07, 6.45) is 0.919. The monoisotopic (exact) mass is 345 g/mol. The van der Waals surface area contributed by atoms with E-state index in [1.54, 1.807) is 14.2 Å². The number of ether oxygens (including phenoxy) is 3. The number of nitrogens with zero attached hydrogens (tertiary/aromatic N) is 1. The highest BCUT2D eigenvalue weighted by Crippen LogP contribution is 2.28. The standard InChI is InChI=1S/C20H24FNO3/c1-23-19-8-5-16(12-20(19)24-2)13-22-9-10-25-18(14-22)11-15-3-6-17(21)7-4-15/h3-8,12,18H,9-11,13-14H2,1-2H3. The SMILES string of the molecule is COc1ccc(CN2CCOC(Cc3ccc(F)cc3)C2)cc1OC. The Morgan fingerprint density at radius 3 is 2.48 bits per heavy atom. The second-order valence-electron chi connectivity index (χ2n) is 6.25. The Labute approximate surface area is 148 Å². The molecule has 1 atom stereocenters. The van der Waals surface area contributed by atoms with Gasteiger partial charge in [-0.15, -0.1) is 0 Å². The molecule has 0 saturated carbocycles. The van der Waals surface area contributed by atoms with E-state index in [9.17, 15) is 4.39 Å². The van der Waals surface area contributed by atoms with Gasteiger partial charge in [0.1, 0.15) is 5.82 Å². The number of benzene rings is 2. The molecule has 1 fully saturated rings. The first-order chi connectivity index (χ1) is 12.2. The summed E-state index contributed by atoms with van der Waals surface area (Å²) in [6.45, 7) is 3.29. The van der Waals surface area contributed by atoms with Crippen molar-refractivity contribution >= 4 is 0 Å². The van der Waals surface area contributed by atoms with Gasteiger partial charge in [0.25, 0.3) is 0 Å². The van der Waals surface area contributed by atoms with E-state index in [1.165, 1.54) is 17.7 Å². The number of hydrogen-bond acceptors (Lipinski definition) is 4. The molecule has 0 bridgehead atoms. The molecule has 1 saturated heterocycles. The van der Waals surface area contributed by atoms with Gasteiger partial charge in [-0.3, -0.25) is 4.90 Å². The van der Waals surface area contributed by atoms with E-state index in [4.69, 9.17) is 14.2 Å². The largest absolute Gasteiger partial charge is 0.493 e. The quantitative estimate of drug-likeness (QED) is 0.804. The first-order valence-corrected chi connectivity index (χ1v) is 8.47. The summed E-state index contributed by atoms with van der Waals surface area (Å²) in [7, 11) is 3.29. The first kappa shape index (κ1) is 17.7. The number of morpholine rings is 1. The smallest absolute Gasteiger partial charge is 0.161 e. The molecule has 2 aromatic rings. The van der Waals surface area contributed by atoms with Crippen LogP contribution in [0.15, 0.2) is 42.5 Å². The lowest BCUT2D eigenvalue weighted by Gasteiger charge is -2.33. The molecular weight excluding hydrogens is 321 g/mol. The Morgan fingerprint density at radius 1 is 1.04 bits per heavy atom. The van der Waals surface area contributed by atoms with Crippen molar-refractivity contribution in [2.24, 2.45) is 0 Å². The van der Waals surface area contributed by atoms with Crippen LogP contribution in [0.5, 0.6) is 11.5 Å². The minimum Gasteiger partial charge on any atom is -0.493 e. The van der Waals surface area contributed by atoms with Crippen molar-refractivity contribution in [3.8, 4) is 11.5 Å². The lowest BCUT2D eigenvalue weighted by Crippen LogP contribution is -2.42. The maximum atomic E-state index is 13.0. The normalized spacial score (nSPS) is 18.1. The van der Waals surface area contributed by atoms with Gasteiger partial charge >= 0.3 is 0 Å². The van der Waals surface area contributed by atoms with Crippen molar-refractivity contribution in [1.82, 2.24) is 4.90 Å². The minimum absolute atomic E-state index is 0.124. The second-order valence-corrected chi connectivity index (χ2v) is 6.25. The highest BCUT2D eigenvalue weighted by molar-refractivity contribution is 5.42. The van der Waals surface area contributed by atoms with Crippen molar-refractivity contribution in [2.75, 3.05) is 33.9 Å². The van der Waals surface area contributed by atoms with Gasteiger partial charge in [0.05, 0.1) is 26.9 Å². The molecular formula is C20H24FNO3. The van der Waals surface area contributed by atoms with Crippen LogP contribution in [0.2, 0.25) is 0 Å². The van der Waals surface area contributed by atoms with Crippen molar-refractivity contribution in [3.63, 3.8) is 0 Å². The fourth-order valence-corrected chi connectivity index (χ4v) is 3.17. The lowest BCUT2D eigenvalue weighted by atomic mass is 10.1. The van der Waals surface area contributed by atoms with Crippen LogP contribution in [-0.4, -0.2) is 44.9 Å². The molecule has 0 aliphatic carbocycles. The van der Waals surface area contributed by atoms with Crippen molar-refractivity contribution < 1.29 is 18.6 Å². The topological polar surface area (TPSA) is 30.9 Å². The van der Waals surface area contributed by atoms with Gasteiger partial charge < -0.3 is 14.2 Å². The third kappa shape index (κ3) is 4.71. The zero-order chi connectivity index (χ0) is 17.6. The average molecular weight is 345 g/mol. The van der Waals surface area contributed by atoms with Gasteiger partial charge in [-0.2, -0.15) is 0 Å². The zero-order valence-electron chi connectivity index (χ0n) is 14.7. The molecule has 1 heterocycles. The first-order valence-electron chi connectivity index (χ1n) is 8.47. The zero-order valence-corrected chi connectivity index (χ0v) is 14.7. The molecule has 5 heteroatoms. The van der Waals surface area contributed by atoms with Crippen LogP contribution in [0.1, 0.15) is 11.1 Å². The maximum absolute atomic E-state index is 13.0. The third-order valence-corrected chi connectivity index (χ3v) is 4.45. The van der Waals surface area contributed by atoms with E-state index in [2.05, 4.69) is 11.0 Å². The highest BCUT2D eigenvalue weighted by atomic mass is 19.1. The number of hydrogen-bond donors (Lipinski definition) is 0. The Balaban J connectivity index is 1.60. The van der Waals surface area contributed by atoms with Crippen molar-refractivity contribution in [1.29, 1.82) is 0 Å². The van der Waals surface area contributed by atoms with Gasteiger partial charge in [0, 0.05) is 19.6 Å². The Kier molecular flexibility index (Phi) is 5.89. The molecule has 4 nitrogen and oxygen atoms in total. The van der Waals surface area contributed by atoms with Gasteiger partial charge in [0.15, 0.2) is 11.5 Å². The number of halogens is 1.